The number of carbonyl (C=O) groups is 3. The van der Waals surface area contributed by atoms with Gasteiger partial charge in [0.25, 0.3) is 5.91 Å². The van der Waals surface area contributed by atoms with E-state index in [0.717, 1.165) is 12.8 Å². The zero-order valence-corrected chi connectivity index (χ0v) is 13.9. The number of aliphatic carboxylic acids is 1. The van der Waals surface area contributed by atoms with Crippen molar-refractivity contribution >= 4 is 23.6 Å². The highest BCUT2D eigenvalue weighted by Crippen LogP contribution is 2.19. The lowest BCUT2D eigenvalue weighted by molar-refractivity contribution is -0.137. The Kier molecular flexibility index (Phi) is 5.78. The molecule has 0 radical (unpaired) electrons. The molecule has 130 valence electrons. The number of hydrogen-bond donors (Lipinski definition) is 3. The lowest BCUT2D eigenvalue weighted by Crippen LogP contribution is -2.38. The van der Waals surface area contributed by atoms with Crippen molar-refractivity contribution in [2.45, 2.75) is 32.7 Å². The second-order valence-corrected chi connectivity index (χ2v) is 6.43. The summed E-state index contributed by atoms with van der Waals surface area (Å²) in [6, 6.07) is 6.46. The fraction of sp³-hybridized carbons (Fsp3) is 0.471. The molecule has 1 aromatic carbocycles. The maximum atomic E-state index is 12.6. The summed E-state index contributed by atoms with van der Waals surface area (Å²) >= 11 is 0. The Morgan fingerprint density at radius 3 is 2.58 bits per heavy atom. The van der Waals surface area contributed by atoms with Crippen molar-refractivity contribution in [1.82, 2.24) is 10.2 Å². The smallest absolute Gasteiger partial charge is 0.323 e. The number of nitrogens with one attached hydrogen (secondary N) is 2. The summed E-state index contributed by atoms with van der Waals surface area (Å²) in [5.41, 5.74) is 0.847. The van der Waals surface area contributed by atoms with Crippen LogP contribution in [0.4, 0.5) is 10.5 Å². The molecule has 3 amide bonds. The molecule has 1 aromatic rings. The quantitative estimate of drug-likeness (QED) is 0.712. The molecular weight excluding hydrogens is 310 g/mol. The van der Waals surface area contributed by atoms with Gasteiger partial charge in [0.2, 0.25) is 0 Å². The topological polar surface area (TPSA) is 98.7 Å². The zero-order valence-electron chi connectivity index (χ0n) is 13.9. The molecule has 2 rings (SSSR count). The van der Waals surface area contributed by atoms with E-state index in [2.05, 4.69) is 10.6 Å². The van der Waals surface area contributed by atoms with Gasteiger partial charge in [-0.3, -0.25) is 9.59 Å². The van der Waals surface area contributed by atoms with E-state index in [4.69, 9.17) is 5.11 Å². The minimum atomic E-state index is -1.05. The number of rotatable bonds is 7. The molecule has 1 fully saturated rings. The van der Waals surface area contributed by atoms with Gasteiger partial charge in [-0.15, -0.1) is 0 Å². The largest absolute Gasteiger partial charge is 0.480 e. The standard InChI is InChI=1S/C17H23N3O4/c1-11(2)9-20(10-15(21)22)16(23)12-4-3-5-14(8-12)19-17(24)18-13-6-7-13/h3-5,8,11,13H,6-7,9-10H2,1-2H3,(H,21,22)(H2,18,19,24). The maximum Gasteiger partial charge on any atom is 0.323 e. The molecule has 0 saturated heterocycles. The Bertz CT molecular complexity index is 626. The SMILES string of the molecule is CC(C)CN(CC(=O)O)C(=O)c1cccc(NC(=O)NC2CC2)c1. The number of amides is 3. The Hall–Kier alpha value is -2.57. The van der Waals surface area contributed by atoms with E-state index >= 15 is 0 Å². The molecule has 0 heterocycles. The fourth-order valence-corrected chi connectivity index (χ4v) is 2.32. The molecule has 0 aromatic heterocycles. The number of anilines is 1. The van der Waals surface area contributed by atoms with Crippen molar-refractivity contribution in [2.24, 2.45) is 5.92 Å². The summed E-state index contributed by atoms with van der Waals surface area (Å²) in [4.78, 5) is 36.6. The number of hydrogen-bond acceptors (Lipinski definition) is 3. The van der Waals surface area contributed by atoms with Gasteiger partial charge in [-0.05, 0) is 37.0 Å². The minimum absolute atomic E-state index is 0.152. The molecule has 0 spiro atoms. The van der Waals surface area contributed by atoms with Crippen molar-refractivity contribution in [3.63, 3.8) is 0 Å². The molecule has 0 bridgehead atoms. The van der Waals surface area contributed by atoms with Gasteiger partial charge in [0, 0.05) is 23.8 Å². The Morgan fingerprint density at radius 1 is 1.29 bits per heavy atom. The number of nitrogens with zero attached hydrogens (tertiary/aromatic N) is 1. The van der Waals surface area contributed by atoms with Crippen LogP contribution < -0.4 is 10.6 Å². The normalized spacial score (nSPS) is 13.5. The highest BCUT2D eigenvalue weighted by Gasteiger charge is 2.23. The van der Waals surface area contributed by atoms with Crippen molar-refractivity contribution < 1.29 is 19.5 Å². The van der Waals surface area contributed by atoms with Gasteiger partial charge in [0.05, 0.1) is 0 Å². The Labute approximate surface area is 141 Å². The lowest BCUT2D eigenvalue weighted by Gasteiger charge is -2.23. The van der Waals surface area contributed by atoms with E-state index in [1.807, 2.05) is 13.8 Å². The molecule has 3 N–H and O–H groups in total. The van der Waals surface area contributed by atoms with E-state index in [0.29, 0.717) is 17.8 Å². The Morgan fingerprint density at radius 2 is 2.00 bits per heavy atom. The third kappa shape index (κ3) is 5.57. The average Bonchev–Trinajstić information content (AvgIpc) is 3.28. The van der Waals surface area contributed by atoms with Crippen LogP contribution in [-0.4, -0.2) is 47.0 Å². The van der Waals surface area contributed by atoms with Gasteiger partial charge in [0.1, 0.15) is 6.54 Å². The molecular formula is C17H23N3O4. The third-order valence-electron chi connectivity index (χ3n) is 3.48. The molecule has 1 saturated carbocycles. The summed E-state index contributed by atoms with van der Waals surface area (Å²) < 4.78 is 0. The minimum Gasteiger partial charge on any atom is -0.480 e. The monoisotopic (exact) mass is 333 g/mol. The van der Waals surface area contributed by atoms with Crippen LogP contribution in [0, 0.1) is 5.92 Å². The van der Waals surface area contributed by atoms with Crippen LogP contribution >= 0.6 is 0 Å². The molecule has 0 aliphatic heterocycles. The first kappa shape index (κ1) is 17.8. The predicted molar refractivity (Wildman–Crippen MR) is 90.0 cm³/mol. The average molecular weight is 333 g/mol. The van der Waals surface area contributed by atoms with Gasteiger partial charge in [-0.25, -0.2) is 4.79 Å². The second kappa shape index (κ2) is 7.81. The summed E-state index contributed by atoms with van der Waals surface area (Å²) in [5.74, 6) is -1.27. The van der Waals surface area contributed by atoms with Crippen LogP contribution in [0.15, 0.2) is 24.3 Å². The van der Waals surface area contributed by atoms with Crippen LogP contribution in [0.3, 0.4) is 0 Å². The summed E-state index contributed by atoms with van der Waals surface area (Å²) in [5, 5.41) is 14.5. The van der Waals surface area contributed by atoms with E-state index in [9.17, 15) is 14.4 Å². The highest BCUT2D eigenvalue weighted by molar-refractivity contribution is 5.98. The van der Waals surface area contributed by atoms with E-state index in [1.54, 1.807) is 24.3 Å². The number of carboxylic acid groups (broad SMARTS) is 1. The molecule has 24 heavy (non-hydrogen) atoms. The number of benzene rings is 1. The van der Waals surface area contributed by atoms with Crippen LogP contribution in [-0.2, 0) is 4.79 Å². The van der Waals surface area contributed by atoms with Crippen molar-refractivity contribution in [1.29, 1.82) is 0 Å². The van der Waals surface area contributed by atoms with Gasteiger partial charge in [-0.2, -0.15) is 0 Å². The van der Waals surface area contributed by atoms with Crippen LogP contribution in [0.1, 0.15) is 37.0 Å². The molecule has 7 nitrogen and oxygen atoms in total. The maximum absolute atomic E-state index is 12.6. The summed E-state index contributed by atoms with van der Waals surface area (Å²) in [6.07, 6.45) is 1.98. The van der Waals surface area contributed by atoms with Crippen molar-refractivity contribution in [2.75, 3.05) is 18.4 Å². The summed E-state index contributed by atoms with van der Waals surface area (Å²) in [7, 11) is 0. The van der Waals surface area contributed by atoms with Gasteiger partial charge in [-0.1, -0.05) is 19.9 Å². The number of carboxylic acids is 1. The first-order valence-corrected chi connectivity index (χ1v) is 8.04. The molecule has 0 atom stereocenters. The lowest BCUT2D eigenvalue weighted by atomic mass is 10.1. The molecule has 0 unspecified atom stereocenters. The highest BCUT2D eigenvalue weighted by atomic mass is 16.4. The second-order valence-electron chi connectivity index (χ2n) is 6.43. The summed E-state index contributed by atoms with van der Waals surface area (Å²) in [6.45, 7) is 3.84. The van der Waals surface area contributed by atoms with Gasteiger partial charge >= 0.3 is 12.0 Å². The number of urea groups is 1. The Balaban J connectivity index is 2.07. The van der Waals surface area contributed by atoms with Crippen LogP contribution in [0.5, 0.6) is 0 Å². The van der Waals surface area contributed by atoms with E-state index in [1.165, 1.54) is 4.90 Å². The van der Waals surface area contributed by atoms with E-state index < -0.39 is 5.97 Å². The predicted octanol–water partition coefficient (Wildman–Crippen LogP) is 2.15. The first-order valence-electron chi connectivity index (χ1n) is 8.04. The number of carbonyl (C=O) groups excluding carboxylic acids is 2. The van der Waals surface area contributed by atoms with Crippen LogP contribution in [0.2, 0.25) is 0 Å². The molecule has 1 aliphatic rings. The van der Waals surface area contributed by atoms with Crippen molar-refractivity contribution in [3.8, 4) is 0 Å². The van der Waals surface area contributed by atoms with Crippen LogP contribution in [0.25, 0.3) is 0 Å². The fourth-order valence-electron chi connectivity index (χ4n) is 2.32. The molecule has 1 aliphatic carbocycles. The molecule has 7 heteroatoms. The van der Waals surface area contributed by atoms with E-state index in [-0.39, 0.29) is 30.4 Å². The third-order valence-corrected chi connectivity index (χ3v) is 3.48. The van der Waals surface area contributed by atoms with Crippen molar-refractivity contribution in [3.05, 3.63) is 29.8 Å². The van der Waals surface area contributed by atoms with Gasteiger partial charge in [0.15, 0.2) is 0 Å². The zero-order chi connectivity index (χ0) is 17.7. The first-order chi connectivity index (χ1) is 11.3. The van der Waals surface area contributed by atoms with Gasteiger partial charge < -0.3 is 20.6 Å².